The van der Waals surface area contributed by atoms with Crippen molar-refractivity contribution in [1.29, 1.82) is 0 Å². The van der Waals surface area contributed by atoms with Crippen molar-refractivity contribution in [1.82, 2.24) is 10.2 Å². The van der Waals surface area contributed by atoms with Crippen LogP contribution in [0.15, 0.2) is 52.9 Å². The second-order valence-corrected chi connectivity index (χ2v) is 8.59. The van der Waals surface area contributed by atoms with E-state index in [1.54, 1.807) is 20.1 Å². The monoisotopic (exact) mass is 454 g/mol. The van der Waals surface area contributed by atoms with Crippen molar-refractivity contribution in [3.05, 3.63) is 54.1 Å². The summed E-state index contributed by atoms with van der Waals surface area (Å²) in [5, 5.41) is 13.3. The number of methoxy groups -OCH3 is 1. The summed E-state index contributed by atoms with van der Waals surface area (Å²) in [6, 6.07) is 12.1. The molecular weight excluding hydrogens is 437 g/mol. The average molecular weight is 454 g/mol. The van der Waals surface area contributed by atoms with Crippen molar-refractivity contribution in [2.24, 2.45) is 0 Å². The lowest BCUT2D eigenvalue weighted by molar-refractivity contribution is -0.137. The lowest BCUT2D eigenvalue weighted by Crippen LogP contribution is -2.24. The van der Waals surface area contributed by atoms with Gasteiger partial charge in [-0.2, -0.15) is 13.2 Å². The second kappa shape index (κ2) is 9.35. The van der Waals surface area contributed by atoms with Crippen molar-refractivity contribution in [3.63, 3.8) is 0 Å². The van der Waals surface area contributed by atoms with Crippen molar-refractivity contribution in [2.45, 2.75) is 22.7 Å². The van der Waals surface area contributed by atoms with Crippen LogP contribution in [0.5, 0.6) is 5.75 Å². The Labute approximate surface area is 178 Å². The van der Waals surface area contributed by atoms with Crippen LogP contribution in [0, 0.1) is 0 Å². The summed E-state index contributed by atoms with van der Waals surface area (Å²) in [6.45, 7) is 1.59. The van der Waals surface area contributed by atoms with Crippen LogP contribution in [-0.4, -0.2) is 28.5 Å². The SMILES string of the molecule is COc1cccc(Nc2nnc(SC(C)C(=O)Nc3ccccc3C(F)(F)F)s2)c1. The molecule has 1 amide bonds. The molecule has 0 spiro atoms. The lowest BCUT2D eigenvalue weighted by atomic mass is 10.1. The smallest absolute Gasteiger partial charge is 0.418 e. The van der Waals surface area contributed by atoms with E-state index in [2.05, 4.69) is 20.8 Å². The Balaban J connectivity index is 1.63. The van der Waals surface area contributed by atoms with Crippen LogP contribution in [0.4, 0.5) is 29.7 Å². The molecule has 3 rings (SSSR count). The van der Waals surface area contributed by atoms with Gasteiger partial charge >= 0.3 is 6.18 Å². The molecule has 11 heteroatoms. The summed E-state index contributed by atoms with van der Waals surface area (Å²) in [7, 11) is 1.57. The summed E-state index contributed by atoms with van der Waals surface area (Å²) >= 11 is 2.34. The van der Waals surface area contributed by atoms with Gasteiger partial charge in [0.25, 0.3) is 0 Å². The van der Waals surface area contributed by atoms with Crippen LogP contribution in [0.25, 0.3) is 0 Å². The normalized spacial score (nSPS) is 12.3. The minimum atomic E-state index is -4.56. The van der Waals surface area contributed by atoms with Crippen molar-refractivity contribution in [2.75, 3.05) is 17.7 Å². The molecule has 0 saturated heterocycles. The first-order chi connectivity index (χ1) is 14.3. The highest BCUT2D eigenvalue weighted by Crippen LogP contribution is 2.35. The molecule has 1 atom stereocenters. The van der Waals surface area contributed by atoms with E-state index < -0.39 is 22.9 Å². The first-order valence-electron chi connectivity index (χ1n) is 8.64. The number of para-hydroxylation sites is 1. The van der Waals surface area contributed by atoms with Crippen LogP contribution in [-0.2, 0) is 11.0 Å². The number of thioether (sulfide) groups is 1. The Kier molecular flexibility index (Phi) is 6.83. The van der Waals surface area contributed by atoms with Gasteiger partial charge in [0.2, 0.25) is 11.0 Å². The predicted molar refractivity (Wildman–Crippen MR) is 112 cm³/mol. The fourth-order valence-corrected chi connectivity index (χ4v) is 4.33. The Hall–Kier alpha value is -2.79. The first kappa shape index (κ1) is 21.9. The van der Waals surface area contributed by atoms with Gasteiger partial charge in [-0.25, -0.2) is 0 Å². The number of amides is 1. The lowest BCUT2D eigenvalue weighted by Gasteiger charge is -2.15. The number of aromatic nitrogens is 2. The summed E-state index contributed by atoms with van der Waals surface area (Å²) in [5.41, 5.74) is -0.409. The number of carbonyl (C=O) groups is 1. The molecule has 0 aliphatic rings. The third-order valence-corrected chi connectivity index (χ3v) is 5.89. The number of carbonyl (C=O) groups excluding carboxylic acids is 1. The first-order valence-corrected chi connectivity index (χ1v) is 10.3. The Morgan fingerprint density at radius 2 is 1.93 bits per heavy atom. The Morgan fingerprint density at radius 1 is 1.17 bits per heavy atom. The molecule has 158 valence electrons. The van der Waals surface area contributed by atoms with Gasteiger partial charge in [-0.3, -0.25) is 4.79 Å². The number of rotatable bonds is 7. The Bertz CT molecular complexity index is 1030. The quantitative estimate of drug-likeness (QED) is 0.464. The van der Waals surface area contributed by atoms with Crippen LogP contribution in [0.3, 0.4) is 0 Å². The average Bonchev–Trinajstić information content (AvgIpc) is 3.14. The number of hydrogen-bond donors (Lipinski definition) is 2. The van der Waals surface area contributed by atoms with E-state index in [1.165, 1.54) is 29.5 Å². The largest absolute Gasteiger partial charge is 0.497 e. The predicted octanol–water partition coefficient (Wildman–Crippen LogP) is 5.43. The number of nitrogens with zero attached hydrogens (tertiary/aromatic N) is 2. The molecule has 1 unspecified atom stereocenters. The fraction of sp³-hybridized carbons (Fsp3) is 0.211. The van der Waals surface area contributed by atoms with E-state index in [-0.39, 0.29) is 5.69 Å². The molecule has 0 bridgehead atoms. The summed E-state index contributed by atoms with van der Waals surface area (Å²) in [5.74, 6) is 0.123. The molecule has 0 radical (unpaired) electrons. The van der Waals surface area contributed by atoms with E-state index in [1.807, 2.05) is 18.2 Å². The van der Waals surface area contributed by atoms with E-state index >= 15 is 0 Å². The van der Waals surface area contributed by atoms with Gasteiger partial charge in [-0.1, -0.05) is 41.3 Å². The van der Waals surface area contributed by atoms with Crippen LogP contribution >= 0.6 is 23.1 Å². The number of benzene rings is 2. The summed E-state index contributed by atoms with van der Waals surface area (Å²) < 4.78 is 44.9. The number of nitrogens with one attached hydrogen (secondary N) is 2. The number of anilines is 3. The molecule has 6 nitrogen and oxygen atoms in total. The molecular formula is C19H17F3N4O2S2. The summed E-state index contributed by atoms with van der Waals surface area (Å²) in [6.07, 6.45) is -4.56. The van der Waals surface area contributed by atoms with Gasteiger partial charge in [0.15, 0.2) is 4.34 Å². The van der Waals surface area contributed by atoms with Crippen LogP contribution in [0.2, 0.25) is 0 Å². The molecule has 0 aliphatic heterocycles. The third-order valence-electron chi connectivity index (χ3n) is 3.86. The van der Waals surface area contributed by atoms with Gasteiger partial charge in [0.1, 0.15) is 5.75 Å². The highest BCUT2D eigenvalue weighted by atomic mass is 32.2. The zero-order valence-electron chi connectivity index (χ0n) is 15.9. The second-order valence-electron chi connectivity index (χ2n) is 6.02. The maximum atomic E-state index is 13.1. The zero-order valence-corrected chi connectivity index (χ0v) is 17.5. The minimum absolute atomic E-state index is 0.278. The van der Waals surface area contributed by atoms with Gasteiger partial charge in [0.05, 0.1) is 23.6 Å². The topological polar surface area (TPSA) is 76.1 Å². The molecule has 1 heterocycles. The fourth-order valence-electron chi connectivity index (χ4n) is 2.41. The van der Waals surface area contributed by atoms with Gasteiger partial charge in [-0.05, 0) is 31.2 Å². The number of alkyl halides is 3. The minimum Gasteiger partial charge on any atom is -0.497 e. The van der Waals surface area contributed by atoms with Crippen molar-refractivity contribution in [3.8, 4) is 5.75 Å². The maximum absolute atomic E-state index is 13.1. The van der Waals surface area contributed by atoms with Crippen molar-refractivity contribution < 1.29 is 22.7 Å². The maximum Gasteiger partial charge on any atom is 0.418 e. The highest BCUT2D eigenvalue weighted by molar-refractivity contribution is 8.02. The van der Waals surface area contributed by atoms with E-state index in [0.717, 1.165) is 23.5 Å². The highest BCUT2D eigenvalue weighted by Gasteiger charge is 2.34. The molecule has 0 aliphatic carbocycles. The van der Waals surface area contributed by atoms with E-state index in [0.29, 0.717) is 15.2 Å². The van der Waals surface area contributed by atoms with E-state index in [4.69, 9.17) is 4.74 Å². The van der Waals surface area contributed by atoms with Gasteiger partial charge in [0, 0.05) is 11.8 Å². The molecule has 2 N–H and O–H groups in total. The molecule has 1 aromatic heterocycles. The summed E-state index contributed by atoms with van der Waals surface area (Å²) in [4.78, 5) is 12.4. The number of ether oxygens (including phenoxy) is 1. The Morgan fingerprint density at radius 3 is 2.67 bits per heavy atom. The molecule has 0 saturated carbocycles. The molecule has 0 fully saturated rings. The zero-order chi connectivity index (χ0) is 21.7. The van der Waals surface area contributed by atoms with Gasteiger partial charge < -0.3 is 15.4 Å². The number of hydrogen-bond acceptors (Lipinski definition) is 7. The van der Waals surface area contributed by atoms with Gasteiger partial charge in [-0.15, -0.1) is 10.2 Å². The standard InChI is InChI=1S/C19H17F3N4O2S2/c1-11(16(27)24-15-9-4-3-8-14(15)19(20,21)22)29-18-26-25-17(30-18)23-12-6-5-7-13(10-12)28-2/h3-11H,1-2H3,(H,23,25)(H,24,27). The van der Waals surface area contributed by atoms with Crippen molar-refractivity contribution >= 4 is 45.5 Å². The third kappa shape index (κ3) is 5.63. The molecule has 2 aromatic carbocycles. The number of halogens is 3. The molecule has 3 aromatic rings. The van der Waals surface area contributed by atoms with Crippen LogP contribution in [0.1, 0.15) is 12.5 Å². The van der Waals surface area contributed by atoms with E-state index in [9.17, 15) is 18.0 Å². The molecule has 30 heavy (non-hydrogen) atoms. The van der Waals surface area contributed by atoms with Crippen LogP contribution < -0.4 is 15.4 Å².